The van der Waals surface area contributed by atoms with Crippen molar-refractivity contribution in [1.29, 1.82) is 0 Å². The minimum absolute atomic E-state index is 0.0503. The van der Waals surface area contributed by atoms with Gasteiger partial charge in [-0.1, -0.05) is 30.3 Å². The van der Waals surface area contributed by atoms with E-state index in [1.165, 1.54) is 0 Å². The molecule has 0 heterocycles. The lowest BCUT2D eigenvalue weighted by molar-refractivity contribution is -0.123. The minimum atomic E-state index is -0.366. The summed E-state index contributed by atoms with van der Waals surface area (Å²) >= 11 is 0. The lowest BCUT2D eigenvalue weighted by Gasteiger charge is -2.21. The fourth-order valence-corrected chi connectivity index (χ4v) is 1.90. The van der Waals surface area contributed by atoms with Gasteiger partial charge in [0.2, 0.25) is 5.91 Å². The molecule has 0 saturated heterocycles. The largest absolute Gasteiger partial charge is 0.394 e. The molecule has 1 rings (SSSR count). The van der Waals surface area contributed by atoms with Crippen LogP contribution in [0.4, 0.5) is 0 Å². The van der Waals surface area contributed by atoms with E-state index < -0.39 is 0 Å². The zero-order valence-electron chi connectivity index (χ0n) is 12.1. The van der Waals surface area contributed by atoms with E-state index in [-0.39, 0.29) is 24.6 Å². The van der Waals surface area contributed by atoms with Gasteiger partial charge < -0.3 is 15.2 Å². The highest BCUT2D eigenvalue weighted by Gasteiger charge is 2.18. The fraction of sp³-hybridized carbons (Fsp3) is 0.533. The molecule has 0 fully saturated rings. The van der Waals surface area contributed by atoms with E-state index in [0.29, 0.717) is 13.2 Å². The standard InChI is InChI=1S/C15H24N2O3/c1-12(15(19)16-9-6-10-20-2)17-14(11-18)13-7-4-3-5-8-13/h3-5,7-8,12,14,17-18H,6,9-11H2,1-2H3,(H,16,19). The van der Waals surface area contributed by atoms with E-state index in [9.17, 15) is 9.90 Å². The van der Waals surface area contributed by atoms with Gasteiger partial charge in [0.25, 0.3) is 0 Å². The quantitative estimate of drug-likeness (QED) is 0.587. The molecule has 20 heavy (non-hydrogen) atoms. The summed E-state index contributed by atoms with van der Waals surface area (Å²) in [5.41, 5.74) is 0.967. The van der Waals surface area contributed by atoms with Gasteiger partial charge in [0, 0.05) is 20.3 Å². The Morgan fingerprint density at radius 3 is 2.65 bits per heavy atom. The van der Waals surface area contributed by atoms with E-state index in [1.807, 2.05) is 30.3 Å². The van der Waals surface area contributed by atoms with Crippen LogP contribution in [-0.2, 0) is 9.53 Å². The summed E-state index contributed by atoms with van der Waals surface area (Å²) in [6.07, 6.45) is 0.789. The van der Waals surface area contributed by atoms with Gasteiger partial charge in [-0.3, -0.25) is 10.1 Å². The van der Waals surface area contributed by atoms with Crippen LogP contribution in [0.15, 0.2) is 30.3 Å². The molecule has 0 aromatic heterocycles. The molecular weight excluding hydrogens is 256 g/mol. The van der Waals surface area contributed by atoms with Crippen LogP contribution in [-0.4, -0.2) is 43.9 Å². The smallest absolute Gasteiger partial charge is 0.236 e. The van der Waals surface area contributed by atoms with Crippen LogP contribution >= 0.6 is 0 Å². The molecule has 5 nitrogen and oxygen atoms in total. The zero-order valence-corrected chi connectivity index (χ0v) is 12.1. The van der Waals surface area contributed by atoms with Crippen molar-refractivity contribution in [3.63, 3.8) is 0 Å². The lowest BCUT2D eigenvalue weighted by Crippen LogP contribution is -2.44. The molecule has 0 radical (unpaired) electrons. The van der Waals surface area contributed by atoms with Crippen molar-refractivity contribution in [3.8, 4) is 0 Å². The maximum atomic E-state index is 11.9. The molecule has 5 heteroatoms. The van der Waals surface area contributed by atoms with Crippen molar-refractivity contribution in [2.75, 3.05) is 26.9 Å². The van der Waals surface area contributed by atoms with Crippen LogP contribution < -0.4 is 10.6 Å². The van der Waals surface area contributed by atoms with Crippen LogP contribution in [0.2, 0.25) is 0 Å². The Morgan fingerprint density at radius 2 is 2.05 bits per heavy atom. The Kier molecular flexibility index (Phi) is 7.87. The number of ether oxygens (including phenoxy) is 1. The second-order valence-electron chi connectivity index (χ2n) is 4.67. The molecule has 0 aliphatic heterocycles. The molecule has 0 aliphatic rings. The summed E-state index contributed by atoms with van der Waals surface area (Å²) < 4.78 is 4.92. The van der Waals surface area contributed by atoms with Crippen molar-refractivity contribution >= 4 is 5.91 Å². The Hall–Kier alpha value is -1.43. The van der Waals surface area contributed by atoms with Gasteiger partial charge >= 0.3 is 0 Å². The van der Waals surface area contributed by atoms with Crippen LogP contribution in [0, 0.1) is 0 Å². The number of carbonyl (C=O) groups is 1. The first-order chi connectivity index (χ1) is 9.69. The normalized spacial score (nSPS) is 13.8. The number of benzene rings is 1. The number of nitrogens with one attached hydrogen (secondary N) is 2. The molecule has 2 unspecified atom stereocenters. The first-order valence-corrected chi connectivity index (χ1v) is 6.87. The van der Waals surface area contributed by atoms with E-state index in [0.717, 1.165) is 12.0 Å². The highest BCUT2D eigenvalue weighted by Crippen LogP contribution is 2.12. The fourth-order valence-electron chi connectivity index (χ4n) is 1.90. The Labute approximate surface area is 120 Å². The van der Waals surface area contributed by atoms with Crippen molar-refractivity contribution in [2.24, 2.45) is 0 Å². The lowest BCUT2D eigenvalue weighted by atomic mass is 10.1. The number of hydrogen-bond donors (Lipinski definition) is 3. The van der Waals surface area contributed by atoms with Gasteiger partial charge in [-0.05, 0) is 18.9 Å². The SMILES string of the molecule is COCCCNC(=O)C(C)NC(CO)c1ccccc1. The highest BCUT2D eigenvalue weighted by atomic mass is 16.5. The third kappa shape index (κ3) is 5.69. The number of aliphatic hydroxyl groups excluding tert-OH is 1. The van der Waals surface area contributed by atoms with E-state index in [4.69, 9.17) is 4.74 Å². The summed E-state index contributed by atoms with van der Waals surface area (Å²) in [6, 6.07) is 8.99. The van der Waals surface area contributed by atoms with E-state index in [2.05, 4.69) is 10.6 Å². The monoisotopic (exact) mass is 280 g/mol. The summed E-state index contributed by atoms with van der Waals surface area (Å²) in [7, 11) is 1.64. The molecule has 1 aromatic rings. The molecule has 0 bridgehead atoms. The zero-order chi connectivity index (χ0) is 14.8. The number of methoxy groups -OCH3 is 1. The highest BCUT2D eigenvalue weighted by molar-refractivity contribution is 5.81. The van der Waals surface area contributed by atoms with Gasteiger partial charge in [0.1, 0.15) is 0 Å². The summed E-state index contributed by atoms with van der Waals surface area (Å²) in [5.74, 6) is -0.0736. The van der Waals surface area contributed by atoms with Crippen molar-refractivity contribution in [2.45, 2.75) is 25.4 Å². The van der Waals surface area contributed by atoms with Gasteiger partial charge in [-0.15, -0.1) is 0 Å². The number of rotatable bonds is 9. The van der Waals surface area contributed by atoms with Gasteiger partial charge in [-0.25, -0.2) is 0 Å². The van der Waals surface area contributed by atoms with Gasteiger partial charge in [0.05, 0.1) is 18.7 Å². The van der Waals surface area contributed by atoms with Crippen molar-refractivity contribution < 1.29 is 14.6 Å². The maximum Gasteiger partial charge on any atom is 0.236 e. The molecule has 112 valence electrons. The predicted molar refractivity (Wildman–Crippen MR) is 78.4 cm³/mol. The number of aliphatic hydroxyl groups is 1. The van der Waals surface area contributed by atoms with Crippen LogP contribution in [0.3, 0.4) is 0 Å². The first-order valence-electron chi connectivity index (χ1n) is 6.87. The summed E-state index contributed by atoms with van der Waals surface area (Å²) in [6.45, 7) is 2.96. The summed E-state index contributed by atoms with van der Waals surface area (Å²) in [5, 5.41) is 15.4. The van der Waals surface area contributed by atoms with Crippen LogP contribution in [0.1, 0.15) is 24.9 Å². The van der Waals surface area contributed by atoms with Crippen LogP contribution in [0.5, 0.6) is 0 Å². The average molecular weight is 280 g/mol. The molecule has 1 amide bonds. The first kappa shape index (κ1) is 16.6. The Morgan fingerprint density at radius 1 is 1.35 bits per heavy atom. The minimum Gasteiger partial charge on any atom is -0.394 e. The van der Waals surface area contributed by atoms with Crippen LogP contribution in [0.25, 0.3) is 0 Å². The van der Waals surface area contributed by atoms with E-state index >= 15 is 0 Å². The Balaban J connectivity index is 2.42. The molecular formula is C15H24N2O3. The number of carbonyl (C=O) groups excluding carboxylic acids is 1. The van der Waals surface area contributed by atoms with Crippen molar-refractivity contribution in [3.05, 3.63) is 35.9 Å². The van der Waals surface area contributed by atoms with Gasteiger partial charge in [-0.2, -0.15) is 0 Å². The second kappa shape index (κ2) is 9.47. The molecule has 0 spiro atoms. The molecule has 0 saturated carbocycles. The van der Waals surface area contributed by atoms with Crippen molar-refractivity contribution in [1.82, 2.24) is 10.6 Å². The topological polar surface area (TPSA) is 70.6 Å². The van der Waals surface area contributed by atoms with Gasteiger partial charge in [0.15, 0.2) is 0 Å². The maximum absolute atomic E-state index is 11.9. The summed E-state index contributed by atoms with van der Waals surface area (Å²) in [4.78, 5) is 11.9. The third-order valence-corrected chi connectivity index (χ3v) is 3.05. The predicted octanol–water partition coefficient (Wildman–Crippen LogP) is 0.851. The molecule has 0 aliphatic carbocycles. The molecule has 3 N–H and O–H groups in total. The second-order valence-corrected chi connectivity index (χ2v) is 4.67. The van der Waals surface area contributed by atoms with E-state index in [1.54, 1.807) is 14.0 Å². The third-order valence-electron chi connectivity index (χ3n) is 3.05. The average Bonchev–Trinajstić information content (AvgIpc) is 2.49. The molecule has 2 atom stereocenters. The molecule has 1 aromatic carbocycles. The number of amides is 1. The Bertz CT molecular complexity index is 384. The number of hydrogen-bond acceptors (Lipinski definition) is 4.